The van der Waals surface area contributed by atoms with Crippen molar-refractivity contribution in [3.63, 3.8) is 0 Å². The van der Waals surface area contributed by atoms with Gasteiger partial charge in [-0.1, -0.05) is 62.7 Å². The van der Waals surface area contributed by atoms with Crippen LogP contribution in [0, 0.1) is 0 Å². The van der Waals surface area contributed by atoms with Gasteiger partial charge in [0.15, 0.2) is 5.11 Å². The summed E-state index contributed by atoms with van der Waals surface area (Å²) in [6.45, 7) is 5.38. The third-order valence-corrected chi connectivity index (χ3v) is 8.27. The molecule has 0 radical (unpaired) electrons. The fourth-order valence-corrected chi connectivity index (χ4v) is 5.90. The minimum Gasteiger partial charge on any atom is -0.748 e. The summed E-state index contributed by atoms with van der Waals surface area (Å²) in [4.78, 5) is 32.2. The minimum atomic E-state index is -4.29. The van der Waals surface area contributed by atoms with E-state index in [1.165, 1.54) is 27.6 Å². The summed E-state index contributed by atoms with van der Waals surface area (Å²) in [7, 11) is -4.29. The molecule has 1 fully saturated rings. The molecule has 2 aliphatic heterocycles. The molecular weight excluding hydrogens is 531 g/mol. The number of hydrogen-bond acceptors (Lipinski definition) is 8. The van der Waals surface area contributed by atoms with E-state index in [-0.39, 0.29) is 28.9 Å². The number of fused-ring (bicyclic) bond motifs is 1. The van der Waals surface area contributed by atoms with Gasteiger partial charge in [0.05, 0.1) is 20.8 Å². The van der Waals surface area contributed by atoms with Crippen LogP contribution in [-0.2, 0) is 19.7 Å². The summed E-state index contributed by atoms with van der Waals surface area (Å²) >= 11 is 7.01. The Hall–Kier alpha value is -2.47. The molecule has 2 heterocycles. The van der Waals surface area contributed by atoms with E-state index in [9.17, 15) is 22.6 Å². The number of nitrogens with zero attached hydrogens (tertiary/aromatic N) is 3. The number of anilines is 1. The van der Waals surface area contributed by atoms with Crippen molar-refractivity contribution >= 4 is 56.7 Å². The van der Waals surface area contributed by atoms with E-state index in [1.54, 1.807) is 12.2 Å². The molecular formula is C26H32N3O5S3-. The predicted molar refractivity (Wildman–Crippen MR) is 150 cm³/mol. The number of para-hydroxylation sites is 1. The molecule has 0 saturated carbocycles. The van der Waals surface area contributed by atoms with Crippen molar-refractivity contribution < 1.29 is 22.6 Å². The van der Waals surface area contributed by atoms with Crippen LogP contribution in [0.15, 0.2) is 64.1 Å². The van der Waals surface area contributed by atoms with Gasteiger partial charge in [-0.05, 0) is 55.8 Å². The molecule has 0 atom stereocenters. The lowest BCUT2D eigenvalue weighted by Gasteiger charge is -2.36. The van der Waals surface area contributed by atoms with Crippen molar-refractivity contribution in [1.29, 1.82) is 0 Å². The van der Waals surface area contributed by atoms with Crippen LogP contribution in [-0.4, -0.2) is 65.1 Å². The summed E-state index contributed by atoms with van der Waals surface area (Å²) in [5.41, 5.74) is 1.02. The molecule has 8 nitrogen and oxygen atoms in total. The maximum atomic E-state index is 13.1. The van der Waals surface area contributed by atoms with Crippen LogP contribution in [0.4, 0.5) is 5.69 Å². The molecule has 0 N–H and O–H groups in total. The second-order valence-electron chi connectivity index (χ2n) is 8.71. The topological polar surface area (TPSA) is 101 Å². The van der Waals surface area contributed by atoms with Crippen molar-refractivity contribution in [2.45, 2.75) is 50.8 Å². The lowest BCUT2D eigenvalue weighted by Crippen LogP contribution is -2.56. The highest BCUT2D eigenvalue weighted by atomic mass is 32.2. The van der Waals surface area contributed by atoms with Gasteiger partial charge in [-0.2, -0.15) is 0 Å². The number of amides is 2. The second-order valence-corrected chi connectivity index (χ2v) is 11.7. The zero-order valence-electron chi connectivity index (χ0n) is 21.1. The van der Waals surface area contributed by atoms with Crippen LogP contribution in [0.1, 0.15) is 46.0 Å². The van der Waals surface area contributed by atoms with E-state index in [0.717, 1.165) is 41.3 Å². The van der Waals surface area contributed by atoms with Crippen molar-refractivity contribution in [3.8, 4) is 0 Å². The number of hydrogen-bond donors (Lipinski definition) is 0. The number of rotatable bonds is 12. The summed E-state index contributed by atoms with van der Waals surface area (Å²) in [6.07, 6.45) is 10.4. The SMILES string of the molecule is CCCCN1C(=O)C(=CC=CC=C2Sc3ccccc3N2CCCS(=O)(=O)[O-])C(=O)N(CCCC)C1=S. The molecule has 0 aromatic heterocycles. The van der Waals surface area contributed by atoms with Gasteiger partial charge < -0.3 is 9.45 Å². The first-order chi connectivity index (χ1) is 17.7. The minimum absolute atomic E-state index is 0.0790. The summed E-state index contributed by atoms with van der Waals surface area (Å²) in [5.74, 6) is -1.19. The molecule has 3 rings (SSSR count). The molecule has 0 aliphatic carbocycles. The highest BCUT2D eigenvalue weighted by Gasteiger charge is 2.38. The maximum absolute atomic E-state index is 13.1. The number of unbranched alkanes of at least 4 members (excludes halogenated alkanes) is 2. The number of thioether (sulfide) groups is 1. The van der Waals surface area contributed by atoms with Crippen LogP contribution in [0.25, 0.3) is 0 Å². The van der Waals surface area contributed by atoms with Gasteiger partial charge in [0, 0.05) is 30.3 Å². The largest absolute Gasteiger partial charge is 0.748 e. The Balaban J connectivity index is 1.81. The van der Waals surface area contributed by atoms with Gasteiger partial charge in [0.25, 0.3) is 11.8 Å². The molecule has 0 unspecified atom stereocenters. The highest BCUT2D eigenvalue weighted by Crippen LogP contribution is 2.45. The van der Waals surface area contributed by atoms with Crippen LogP contribution >= 0.6 is 24.0 Å². The Bertz CT molecular complexity index is 1190. The Kier molecular flexibility index (Phi) is 10.5. The number of carbonyl (C=O) groups excluding carboxylic acids is 2. The zero-order valence-corrected chi connectivity index (χ0v) is 23.5. The molecule has 1 aromatic rings. The Morgan fingerprint density at radius 2 is 1.46 bits per heavy atom. The number of benzene rings is 1. The molecule has 11 heteroatoms. The predicted octanol–water partition coefficient (Wildman–Crippen LogP) is 4.41. The fourth-order valence-electron chi connectivity index (χ4n) is 3.97. The van der Waals surface area contributed by atoms with Crippen LogP contribution < -0.4 is 4.90 Å². The number of allylic oxidation sites excluding steroid dienone is 4. The molecule has 2 amide bonds. The summed E-state index contributed by atoms with van der Waals surface area (Å²) in [6, 6.07) is 7.74. The van der Waals surface area contributed by atoms with Crippen LogP contribution in [0.2, 0.25) is 0 Å². The zero-order chi connectivity index (χ0) is 27.0. The van der Waals surface area contributed by atoms with Gasteiger partial charge in [-0.3, -0.25) is 19.4 Å². The van der Waals surface area contributed by atoms with E-state index in [2.05, 4.69) is 0 Å². The Labute approximate surface area is 228 Å². The fraction of sp³-hybridized carbons (Fsp3) is 0.423. The first-order valence-corrected chi connectivity index (χ1v) is 15.2. The van der Waals surface area contributed by atoms with Crippen LogP contribution in [0.5, 0.6) is 0 Å². The van der Waals surface area contributed by atoms with Crippen molar-refractivity contribution in [1.82, 2.24) is 9.80 Å². The molecule has 200 valence electrons. The lowest BCUT2D eigenvalue weighted by molar-refractivity contribution is -0.133. The molecule has 1 saturated heterocycles. The normalized spacial score (nSPS) is 17.5. The smallest absolute Gasteiger partial charge is 0.265 e. The number of carbonyl (C=O) groups is 2. The van der Waals surface area contributed by atoms with E-state index >= 15 is 0 Å². The Morgan fingerprint density at radius 3 is 2.05 bits per heavy atom. The lowest BCUT2D eigenvalue weighted by atomic mass is 10.1. The molecule has 37 heavy (non-hydrogen) atoms. The third kappa shape index (κ3) is 7.53. The average Bonchev–Trinajstić information content (AvgIpc) is 3.20. The summed E-state index contributed by atoms with van der Waals surface area (Å²) < 4.78 is 33.1. The standard InChI is InChI=1S/C26H33N3O5S3/c1-3-5-16-28-24(30)20(25(31)29(26(28)35)17-6-4-2)12-7-10-15-23-27(18-11-19-37(32,33)34)21-13-8-9-14-22(21)36-23/h7-10,12-15H,3-6,11,16-19H2,1-2H3,(H,32,33,34)/p-1. The van der Waals surface area contributed by atoms with Gasteiger partial charge in [0.2, 0.25) is 0 Å². The first kappa shape index (κ1) is 29.1. The van der Waals surface area contributed by atoms with Gasteiger partial charge >= 0.3 is 0 Å². The number of thiocarbonyl (C=S) groups is 1. The molecule has 1 aromatic carbocycles. The monoisotopic (exact) mass is 562 g/mol. The van der Waals surface area contributed by atoms with E-state index < -0.39 is 15.9 Å². The first-order valence-electron chi connectivity index (χ1n) is 12.4. The van der Waals surface area contributed by atoms with E-state index in [0.29, 0.717) is 19.6 Å². The Morgan fingerprint density at radius 1 is 0.892 bits per heavy atom. The van der Waals surface area contributed by atoms with E-state index in [4.69, 9.17) is 12.2 Å². The van der Waals surface area contributed by atoms with Gasteiger partial charge in [0.1, 0.15) is 5.57 Å². The van der Waals surface area contributed by atoms with Crippen LogP contribution in [0.3, 0.4) is 0 Å². The van der Waals surface area contributed by atoms with Crippen molar-refractivity contribution in [2.75, 3.05) is 30.3 Å². The third-order valence-electron chi connectivity index (χ3n) is 5.91. The van der Waals surface area contributed by atoms with Gasteiger partial charge in [-0.25, -0.2) is 8.42 Å². The maximum Gasteiger partial charge on any atom is 0.265 e. The van der Waals surface area contributed by atoms with E-state index in [1.807, 2.05) is 49.1 Å². The van der Waals surface area contributed by atoms with Gasteiger partial charge in [-0.15, -0.1) is 0 Å². The molecule has 0 bridgehead atoms. The second kappa shape index (κ2) is 13.4. The quantitative estimate of drug-likeness (QED) is 0.160. The summed E-state index contributed by atoms with van der Waals surface area (Å²) in [5, 5.41) is 1.13. The average molecular weight is 563 g/mol. The highest BCUT2D eigenvalue weighted by molar-refractivity contribution is 8.03. The molecule has 2 aliphatic rings. The van der Waals surface area contributed by atoms with Crippen molar-refractivity contribution in [2.24, 2.45) is 0 Å². The van der Waals surface area contributed by atoms with Crippen molar-refractivity contribution in [3.05, 3.63) is 59.2 Å². The molecule has 0 spiro atoms.